The SMILES string of the molecule is Cn1cncc1C(=O)NCCN1CCC[C@H](CO)C1. The molecule has 2 heterocycles. The summed E-state index contributed by atoms with van der Waals surface area (Å²) < 4.78 is 1.71. The molecule has 2 rings (SSSR count). The second-order valence-corrected chi connectivity index (χ2v) is 5.14. The largest absolute Gasteiger partial charge is 0.396 e. The van der Waals surface area contributed by atoms with Gasteiger partial charge in [0.15, 0.2) is 0 Å². The van der Waals surface area contributed by atoms with E-state index in [1.807, 2.05) is 0 Å². The zero-order valence-electron chi connectivity index (χ0n) is 11.4. The van der Waals surface area contributed by atoms with Crippen LogP contribution in [0.15, 0.2) is 12.5 Å². The number of nitrogens with zero attached hydrogens (tertiary/aromatic N) is 3. The second-order valence-electron chi connectivity index (χ2n) is 5.14. The quantitative estimate of drug-likeness (QED) is 0.778. The Bertz CT molecular complexity index is 419. The van der Waals surface area contributed by atoms with Gasteiger partial charge in [0.2, 0.25) is 0 Å². The van der Waals surface area contributed by atoms with Crippen molar-refractivity contribution in [3.05, 3.63) is 18.2 Å². The Morgan fingerprint density at radius 2 is 2.47 bits per heavy atom. The van der Waals surface area contributed by atoms with Gasteiger partial charge in [0.25, 0.3) is 5.91 Å². The molecule has 19 heavy (non-hydrogen) atoms. The fraction of sp³-hybridized carbons (Fsp3) is 0.692. The van der Waals surface area contributed by atoms with Gasteiger partial charge in [0.1, 0.15) is 5.69 Å². The lowest BCUT2D eigenvalue weighted by Gasteiger charge is -2.31. The van der Waals surface area contributed by atoms with Crippen molar-refractivity contribution in [1.82, 2.24) is 19.8 Å². The van der Waals surface area contributed by atoms with Crippen molar-refractivity contribution < 1.29 is 9.90 Å². The first kappa shape index (κ1) is 14.0. The second kappa shape index (κ2) is 6.68. The van der Waals surface area contributed by atoms with Gasteiger partial charge in [-0.2, -0.15) is 0 Å². The van der Waals surface area contributed by atoms with Crippen LogP contribution in [0.2, 0.25) is 0 Å². The van der Waals surface area contributed by atoms with Crippen LogP contribution < -0.4 is 5.32 Å². The number of hydrogen-bond donors (Lipinski definition) is 2. The fourth-order valence-corrected chi connectivity index (χ4v) is 2.50. The van der Waals surface area contributed by atoms with E-state index in [2.05, 4.69) is 15.2 Å². The molecule has 0 bridgehead atoms. The highest BCUT2D eigenvalue weighted by atomic mass is 16.3. The summed E-state index contributed by atoms with van der Waals surface area (Å²) in [5, 5.41) is 12.1. The zero-order valence-corrected chi connectivity index (χ0v) is 11.4. The monoisotopic (exact) mass is 266 g/mol. The number of nitrogens with one attached hydrogen (secondary N) is 1. The van der Waals surface area contributed by atoms with Gasteiger partial charge in [0.05, 0.1) is 12.5 Å². The van der Waals surface area contributed by atoms with E-state index in [9.17, 15) is 9.90 Å². The molecule has 0 aliphatic carbocycles. The van der Waals surface area contributed by atoms with Crippen LogP contribution in [-0.2, 0) is 7.05 Å². The van der Waals surface area contributed by atoms with Crippen molar-refractivity contribution in [2.24, 2.45) is 13.0 Å². The number of aliphatic hydroxyl groups is 1. The molecule has 1 aromatic rings. The lowest BCUT2D eigenvalue weighted by Crippen LogP contribution is -2.41. The Balaban J connectivity index is 1.72. The summed E-state index contributed by atoms with van der Waals surface area (Å²) in [6.45, 7) is 3.70. The van der Waals surface area contributed by atoms with Crippen LogP contribution in [-0.4, -0.2) is 58.3 Å². The van der Waals surface area contributed by atoms with E-state index in [0.29, 0.717) is 18.2 Å². The average molecular weight is 266 g/mol. The van der Waals surface area contributed by atoms with E-state index in [1.54, 1.807) is 24.1 Å². The van der Waals surface area contributed by atoms with Crippen molar-refractivity contribution in [3.8, 4) is 0 Å². The maximum atomic E-state index is 11.9. The van der Waals surface area contributed by atoms with Gasteiger partial charge in [-0.3, -0.25) is 4.79 Å². The number of piperidine rings is 1. The van der Waals surface area contributed by atoms with Crippen molar-refractivity contribution in [2.45, 2.75) is 12.8 Å². The molecule has 6 nitrogen and oxygen atoms in total. The maximum absolute atomic E-state index is 11.9. The molecule has 0 unspecified atom stereocenters. The predicted molar refractivity (Wildman–Crippen MR) is 71.8 cm³/mol. The minimum absolute atomic E-state index is 0.0873. The third kappa shape index (κ3) is 3.78. The lowest BCUT2D eigenvalue weighted by atomic mass is 9.99. The van der Waals surface area contributed by atoms with Gasteiger partial charge < -0.3 is 19.9 Å². The van der Waals surface area contributed by atoms with E-state index in [1.165, 1.54) is 0 Å². The number of imidazole rings is 1. The lowest BCUT2D eigenvalue weighted by molar-refractivity contribution is 0.0923. The smallest absolute Gasteiger partial charge is 0.269 e. The van der Waals surface area contributed by atoms with Crippen LogP contribution in [0.3, 0.4) is 0 Å². The Hall–Kier alpha value is -1.40. The number of rotatable bonds is 5. The van der Waals surface area contributed by atoms with Gasteiger partial charge in [-0.25, -0.2) is 4.98 Å². The summed E-state index contributed by atoms with van der Waals surface area (Å²) in [7, 11) is 1.80. The molecule has 1 aromatic heterocycles. The van der Waals surface area contributed by atoms with E-state index < -0.39 is 0 Å². The Morgan fingerprint density at radius 3 is 3.16 bits per heavy atom. The molecule has 6 heteroatoms. The van der Waals surface area contributed by atoms with Gasteiger partial charge >= 0.3 is 0 Å². The van der Waals surface area contributed by atoms with Crippen molar-refractivity contribution in [3.63, 3.8) is 0 Å². The fourth-order valence-electron chi connectivity index (χ4n) is 2.50. The zero-order chi connectivity index (χ0) is 13.7. The first-order valence-corrected chi connectivity index (χ1v) is 6.78. The number of carbonyl (C=O) groups is 1. The van der Waals surface area contributed by atoms with Gasteiger partial charge in [0, 0.05) is 33.3 Å². The predicted octanol–water partition coefficient (Wildman–Crippen LogP) is -0.146. The highest BCUT2D eigenvalue weighted by molar-refractivity contribution is 5.92. The molecule has 1 aliphatic heterocycles. The van der Waals surface area contributed by atoms with Gasteiger partial charge in [-0.15, -0.1) is 0 Å². The van der Waals surface area contributed by atoms with E-state index in [4.69, 9.17) is 0 Å². The first-order chi connectivity index (χ1) is 9.20. The molecular weight excluding hydrogens is 244 g/mol. The first-order valence-electron chi connectivity index (χ1n) is 6.78. The Labute approximate surface area is 113 Å². The number of amides is 1. The highest BCUT2D eigenvalue weighted by Gasteiger charge is 2.19. The Kier molecular flexibility index (Phi) is 4.93. The number of aliphatic hydroxyl groups excluding tert-OH is 1. The molecule has 0 saturated carbocycles. The average Bonchev–Trinajstić information content (AvgIpc) is 2.85. The molecular formula is C13H22N4O2. The van der Waals surface area contributed by atoms with Crippen LogP contribution in [0.25, 0.3) is 0 Å². The van der Waals surface area contributed by atoms with Crippen molar-refractivity contribution >= 4 is 5.91 Å². The van der Waals surface area contributed by atoms with Crippen LogP contribution in [0.5, 0.6) is 0 Å². The van der Waals surface area contributed by atoms with E-state index in [0.717, 1.165) is 32.5 Å². The minimum Gasteiger partial charge on any atom is -0.396 e. The third-order valence-corrected chi connectivity index (χ3v) is 3.62. The van der Waals surface area contributed by atoms with Gasteiger partial charge in [-0.1, -0.05) is 0 Å². The topological polar surface area (TPSA) is 70.4 Å². The number of carbonyl (C=O) groups excluding carboxylic acids is 1. The van der Waals surface area contributed by atoms with Crippen LogP contribution in [0, 0.1) is 5.92 Å². The molecule has 0 radical (unpaired) electrons. The highest BCUT2D eigenvalue weighted by Crippen LogP contribution is 2.14. The Morgan fingerprint density at radius 1 is 1.63 bits per heavy atom. The number of likely N-dealkylation sites (tertiary alicyclic amines) is 1. The molecule has 1 amide bonds. The molecule has 0 aromatic carbocycles. The molecule has 2 N–H and O–H groups in total. The summed E-state index contributed by atoms with van der Waals surface area (Å²) in [4.78, 5) is 18.1. The summed E-state index contributed by atoms with van der Waals surface area (Å²) in [6, 6.07) is 0. The van der Waals surface area contributed by atoms with Crippen LogP contribution in [0.4, 0.5) is 0 Å². The normalized spacial score (nSPS) is 20.4. The molecule has 0 spiro atoms. The van der Waals surface area contributed by atoms with E-state index >= 15 is 0 Å². The van der Waals surface area contributed by atoms with Crippen molar-refractivity contribution in [2.75, 3.05) is 32.8 Å². The number of aromatic nitrogens is 2. The number of aryl methyl sites for hydroxylation is 1. The summed E-state index contributed by atoms with van der Waals surface area (Å²) in [5.74, 6) is 0.303. The maximum Gasteiger partial charge on any atom is 0.269 e. The van der Waals surface area contributed by atoms with Crippen LogP contribution in [0.1, 0.15) is 23.3 Å². The van der Waals surface area contributed by atoms with Crippen LogP contribution >= 0.6 is 0 Å². The summed E-state index contributed by atoms with van der Waals surface area (Å²) >= 11 is 0. The standard InChI is InChI=1S/C13H22N4O2/c1-16-10-14-7-12(16)13(19)15-4-6-17-5-2-3-11(8-17)9-18/h7,10-11,18H,2-6,8-9H2,1H3,(H,15,19)/t11-/m0/s1. The molecule has 1 saturated heterocycles. The van der Waals surface area contributed by atoms with Gasteiger partial charge in [-0.05, 0) is 25.3 Å². The molecule has 106 valence electrons. The van der Waals surface area contributed by atoms with Crippen molar-refractivity contribution in [1.29, 1.82) is 0 Å². The minimum atomic E-state index is -0.0873. The summed E-state index contributed by atoms with van der Waals surface area (Å²) in [6.07, 6.45) is 5.42. The molecule has 1 fully saturated rings. The molecule has 1 aliphatic rings. The third-order valence-electron chi connectivity index (χ3n) is 3.62. The molecule has 1 atom stereocenters. The van der Waals surface area contributed by atoms with E-state index in [-0.39, 0.29) is 12.5 Å². The summed E-state index contributed by atoms with van der Waals surface area (Å²) in [5.41, 5.74) is 0.576. The number of hydrogen-bond acceptors (Lipinski definition) is 4.